The highest BCUT2D eigenvalue weighted by Gasteiger charge is 2.23. The molecule has 0 radical (unpaired) electrons. The Hall–Kier alpha value is -0.550. The smallest absolute Gasteiger partial charge is 0.150 e. The molecule has 2 rings (SSSR count). The number of thiophene rings is 1. The molecule has 0 bridgehead atoms. The van der Waals surface area contributed by atoms with Gasteiger partial charge in [-0.1, -0.05) is 0 Å². The third kappa shape index (κ3) is 2.48. The highest BCUT2D eigenvalue weighted by Crippen LogP contribution is 2.19. The molecular weight excluding hydrogens is 218 g/mol. The van der Waals surface area contributed by atoms with E-state index in [1.807, 2.05) is 16.8 Å². The molecule has 0 amide bonds. The second-order valence-corrected chi connectivity index (χ2v) is 6.67. The first kappa shape index (κ1) is 9.98. The van der Waals surface area contributed by atoms with E-state index in [4.69, 9.17) is 0 Å². The van der Waals surface area contributed by atoms with Crippen molar-refractivity contribution in [3.05, 3.63) is 16.8 Å². The molecule has 1 N–H and O–H groups in total. The van der Waals surface area contributed by atoms with Gasteiger partial charge < -0.3 is 5.32 Å². The Morgan fingerprint density at radius 1 is 1.36 bits per heavy atom. The van der Waals surface area contributed by atoms with Gasteiger partial charge in [0.25, 0.3) is 0 Å². The van der Waals surface area contributed by atoms with E-state index in [0.29, 0.717) is 17.5 Å². The summed E-state index contributed by atoms with van der Waals surface area (Å²) < 4.78 is 22.3. The zero-order valence-corrected chi connectivity index (χ0v) is 9.40. The minimum absolute atomic E-state index is 0.327. The van der Waals surface area contributed by atoms with E-state index in [1.165, 1.54) is 0 Å². The van der Waals surface area contributed by atoms with Gasteiger partial charge in [0.2, 0.25) is 0 Å². The Kier molecular flexibility index (Phi) is 2.78. The normalized spacial score (nSPS) is 22.0. The van der Waals surface area contributed by atoms with Crippen LogP contribution in [0, 0.1) is 0 Å². The van der Waals surface area contributed by atoms with Gasteiger partial charge in [0.1, 0.15) is 9.84 Å². The first-order valence-corrected chi connectivity index (χ1v) is 7.41. The van der Waals surface area contributed by atoms with Crippen molar-refractivity contribution in [3.63, 3.8) is 0 Å². The van der Waals surface area contributed by atoms with E-state index >= 15 is 0 Å². The summed E-state index contributed by atoms with van der Waals surface area (Å²) >= 11 is 1.65. The fraction of sp³-hybridized carbons (Fsp3) is 0.556. The Balaban J connectivity index is 1.91. The SMILES string of the molecule is O=S1(=O)CCC(Nc2ccsc2)CC1. The van der Waals surface area contributed by atoms with Crippen LogP contribution in [0.1, 0.15) is 12.8 Å². The van der Waals surface area contributed by atoms with Gasteiger partial charge in [-0.15, -0.1) is 0 Å². The van der Waals surface area contributed by atoms with Crippen LogP contribution < -0.4 is 5.32 Å². The molecule has 1 fully saturated rings. The minimum Gasteiger partial charge on any atom is -0.382 e. The summed E-state index contributed by atoms with van der Waals surface area (Å²) in [5.41, 5.74) is 1.11. The van der Waals surface area contributed by atoms with Crippen molar-refractivity contribution in [1.29, 1.82) is 0 Å². The topological polar surface area (TPSA) is 46.2 Å². The molecule has 2 heterocycles. The Morgan fingerprint density at radius 2 is 2.07 bits per heavy atom. The lowest BCUT2D eigenvalue weighted by Gasteiger charge is -2.23. The predicted molar refractivity (Wildman–Crippen MR) is 59.6 cm³/mol. The van der Waals surface area contributed by atoms with Crippen molar-refractivity contribution >= 4 is 26.9 Å². The summed E-state index contributed by atoms with van der Waals surface area (Å²) in [5.74, 6) is 0.656. The molecule has 1 aromatic heterocycles. The molecule has 0 saturated carbocycles. The van der Waals surface area contributed by atoms with E-state index in [-0.39, 0.29) is 0 Å². The maximum Gasteiger partial charge on any atom is 0.150 e. The molecule has 78 valence electrons. The minimum atomic E-state index is -2.73. The number of hydrogen-bond donors (Lipinski definition) is 1. The molecule has 14 heavy (non-hydrogen) atoms. The van der Waals surface area contributed by atoms with E-state index in [9.17, 15) is 8.42 Å². The van der Waals surface area contributed by atoms with Crippen LogP contribution in [0.25, 0.3) is 0 Å². The first-order valence-electron chi connectivity index (χ1n) is 4.65. The third-order valence-corrected chi connectivity index (χ3v) is 4.85. The number of nitrogens with one attached hydrogen (secondary N) is 1. The molecule has 1 aliphatic heterocycles. The maximum atomic E-state index is 11.2. The van der Waals surface area contributed by atoms with E-state index in [2.05, 4.69) is 5.32 Å². The molecule has 0 unspecified atom stereocenters. The predicted octanol–water partition coefficient (Wildman–Crippen LogP) is 1.74. The molecule has 0 spiro atoms. The highest BCUT2D eigenvalue weighted by atomic mass is 32.2. The van der Waals surface area contributed by atoms with E-state index in [1.54, 1.807) is 11.3 Å². The van der Waals surface area contributed by atoms with Crippen LogP contribution in [0.5, 0.6) is 0 Å². The molecule has 0 aliphatic carbocycles. The van der Waals surface area contributed by atoms with Crippen molar-refractivity contribution in [3.8, 4) is 0 Å². The lowest BCUT2D eigenvalue weighted by molar-refractivity contribution is 0.559. The zero-order chi connectivity index (χ0) is 10.0. The van der Waals surface area contributed by atoms with Crippen molar-refractivity contribution in [2.75, 3.05) is 16.8 Å². The standard InChI is InChI=1S/C9H13NO2S2/c11-14(12)5-2-8(3-6-14)10-9-1-4-13-7-9/h1,4,7-8,10H,2-3,5-6H2. The van der Waals surface area contributed by atoms with E-state index in [0.717, 1.165) is 18.5 Å². The largest absolute Gasteiger partial charge is 0.382 e. The quantitative estimate of drug-likeness (QED) is 0.843. The molecule has 3 nitrogen and oxygen atoms in total. The van der Waals surface area contributed by atoms with Crippen molar-refractivity contribution in [2.45, 2.75) is 18.9 Å². The van der Waals surface area contributed by atoms with Crippen molar-refractivity contribution in [1.82, 2.24) is 0 Å². The Labute approximate surface area is 88.1 Å². The number of anilines is 1. The molecular formula is C9H13NO2S2. The summed E-state index contributed by atoms with van der Waals surface area (Å²) in [4.78, 5) is 0. The number of sulfone groups is 1. The zero-order valence-electron chi connectivity index (χ0n) is 7.77. The Bertz CT molecular complexity index is 369. The summed E-state index contributed by atoms with van der Waals surface area (Å²) in [6.07, 6.45) is 1.47. The summed E-state index contributed by atoms with van der Waals surface area (Å²) in [5, 5.41) is 7.41. The average Bonchev–Trinajstić information content (AvgIpc) is 2.61. The summed E-state index contributed by atoms with van der Waals surface area (Å²) in [6.45, 7) is 0. The van der Waals surface area contributed by atoms with Crippen LogP contribution in [0.2, 0.25) is 0 Å². The average molecular weight is 231 g/mol. The fourth-order valence-corrected chi connectivity index (χ4v) is 3.71. The molecule has 0 atom stereocenters. The van der Waals surface area contributed by atoms with Crippen LogP contribution in [0.15, 0.2) is 16.8 Å². The summed E-state index contributed by atoms with van der Waals surface area (Å²) in [6, 6.07) is 2.35. The van der Waals surface area contributed by atoms with E-state index < -0.39 is 9.84 Å². The fourth-order valence-electron chi connectivity index (χ4n) is 1.62. The second kappa shape index (κ2) is 3.90. The Morgan fingerprint density at radius 3 is 2.64 bits per heavy atom. The lowest BCUT2D eigenvalue weighted by Crippen LogP contribution is -2.31. The van der Waals surface area contributed by atoms with Crippen molar-refractivity contribution in [2.24, 2.45) is 0 Å². The lowest BCUT2D eigenvalue weighted by atomic mass is 10.1. The second-order valence-electron chi connectivity index (χ2n) is 3.58. The molecule has 5 heteroatoms. The van der Waals surface area contributed by atoms with Gasteiger partial charge in [0.05, 0.1) is 11.5 Å². The van der Waals surface area contributed by atoms with Gasteiger partial charge in [-0.3, -0.25) is 0 Å². The van der Waals surface area contributed by atoms with Crippen LogP contribution in [-0.2, 0) is 9.84 Å². The van der Waals surface area contributed by atoms with Gasteiger partial charge in [-0.05, 0) is 24.3 Å². The van der Waals surface area contributed by atoms with Gasteiger partial charge in [-0.2, -0.15) is 11.3 Å². The third-order valence-electron chi connectivity index (χ3n) is 2.45. The molecule has 1 aliphatic rings. The monoisotopic (exact) mass is 231 g/mol. The van der Waals surface area contributed by atoms with Gasteiger partial charge in [0, 0.05) is 17.1 Å². The number of hydrogen-bond acceptors (Lipinski definition) is 4. The van der Waals surface area contributed by atoms with Crippen LogP contribution in [0.3, 0.4) is 0 Å². The van der Waals surface area contributed by atoms with Gasteiger partial charge >= 0.3 is 0 Å². The van der Waals surface area contributed by atoms with Crippen LogP contribution in [0.4, 0.5) is 5.69 Å². The van der Waals surface area contributed by atoms with Crippen LogP contribution >= 0.6 is 11.3 Å². The maximum absolute atomic E-state index is 11.2. The van der Waals surface area contributed by atoms with Gasteiger partial charge in [0.15, 0.2) is 0 Å². The summed E-state index contributed by atoms with van der Waals surface area (Å²) in [7, 11) is -2.73. The first-order chi connectivity index (χ1) is 6.66. The molecule has 0 aromatic carbocycles. The number of rotatable bonds is 2. The molecule has 1 saturated heterocycles. The highest BCUT2D eigenvalue weighted by molar-refractivity contribution is 7.91. The van der Waals surface area contributed by atoms with Crippen LogP contribution in [-0.4, -0.2) is 26.0 Å². The van der Waals surface area contributed by atoms with Gasteiger partial charge in [-0.25, -0.2) is 8.42 Å². The van der Waals surface area contributed by atoms with Crippen molar-refractivity contribution < 1.29 is 8.42 Å². The molecule has 1 aromatic rings.